The topological polar surface area (TPSA) is 74.7 Å². The Morgan fingerprint density at radius 3 is 2.95 bits per heavy atom. The Morgan fingerprint density at radius 2 is 2.20 bits per heavy atom. The van der Waals surface area contributed by atoms with Crippen molar-refractivity contribution in [2.75, 3.05) is 5.32 Å². The van der Waals surface area contributed by atoms with Crippen molar-refractivity contribution in [1.29, 1.82) is 5.26 Å². The number of fused-ring (bicyclic) bond motifs is 1. The average molecular weight is 264 g/mol. The van der Waals surface area contributed by atoms with E-state index in [-0.39, 0.29) is 0 Å². The molecule has 0 spiro atoms. The molecule has 0 aliphatic carbocycles. The molecule has 2 aromatic heterocycles. The summed E-state index contributed by atoms with van der Waals surface area (Å²) in [4.78, 5) is 8.59. The number of aryl methyl sites for hydroxylation is 1. The van der Waals surface area contributed by atoms with E-state index < -0.39 is 0 Å². The highest BCUT2D eigenvalue weighted by atomic mass is 16.4. The third-order valence-electron chi connectivity index (χ3n) is 2.93. The van der Waals surface area contributed by atoms with Crippen molar-refractivity contribution < 1.29 is 4.42 Å². The zero-order chi connectivity index (χ0) is 13.9. The van der Waals surface area contributed by atoms with E-state index in [1.54, 1.807) is 12.3 Å². The first kappa shape index (κ1) is 12.2. The summed E-state index contributed by atoms with van der Waals surface area (Å²) in [6, 6.07) is 11.5. The van der Waals surface area contributed by atoms with E-state index in [0.29, 0.717) is 23.8 Å². The summed E-state index contributed by atoms with van der Waals surface area (Å²) in [7, 11) is 0. The Morgan fingerprint density at radius 1 is 1.35 bits per heavy atom. The third kappa shape index (κ3) is 2.31. The van der Waals surface area contributed by atoms with E-state index in [1.807, 2.05) is 31.2 Å². The van der Waals surface area contributed by atoms with E-state index in [1.165, 1.54) is 0 Å². The fraction of sp³-hybridized carbons (Fsp3) is 0.133. The van der Waals surface area contributed by atoms with Crippen molar-refractivity contribution >= 4 is 16.7 Å². The number of hydrogen-bond donors (Lipinski definition) is 1. The van der Waals surface area contributed by atoms with Gasteiger partial charge in [0.15, 0.2) is 0 Å². The number of rotatable bonds is 3. The minimum absolute atomic E-state index is 0.435. The van der Waals surface area contributed by atoms with Gasteiger partial charge >= 0.3 is 0 Å². The summed E-state index contributed by atoms with van der Waals surface area (Å²) in [6.45, 7) is 2.28. The van der Waals surface area contributed by atoms with Crippen molar-refractivity contribution in [3.8, 4) is 6.07 Å². The van der Waals surface area contributed by atoms with Gasteiger partial charge in [0.2, 0.25) is 5.89 Å². The predicted octanol–water partition coefficient (Wildman–Crippen LogP) is 3.02. The number of aromatic nitrogens is 2. The van der Waals surface area contributed by atoms with E-state index in [2.05, 4.69) is 21.4 Å². The standard InChI is InChI=1S/C15H12N4O/c1-10-8-18-15(20-10)9-17-14-6-11(7-16)12-4-2-3-5-13(12)19-14/h2-6,8H,9H2,1H3,(H,17,19). The van der Waals surface area contributed by atoms with Crippen LogP contribution in [0.5, 0.6) is 0 Å². The second kappa shape index (κ2) is 5.02. The van der Waals surface area contributed by atoms with Crippen LogP contribution in [0.4, 0.5) is 5.82 Å². The number of para-hydroxylation sites is 1. The van der Waals surface area contributed by atoms with Gasteiger partial charge in [-0.15, -0.1) is 0 Å². The van der Waals surface area contributed by atoms with Crippen LogP contribution >= 0.6 is 0 Å². The number of pyridine rings is 1. The number of nitrogens with one attached hydrogen (secondary N) is 1. The summed E-state index contributed by atoms with van der Waals surface area (Å²) < 4.78 is 5.38. The smallest absolute Gasteiger partial charge is 0.213 e. The lowest BCUT2D eigenvalue weighted by Crippen LogP contribution is -2.02. The molecule has 1 aromatic carbocycles. The molecule has 3 rings (SSSR count). The van der Waals surface area contributed by atoms with Gasteiger partial charge in [-0.25, -0.2) is 9.97 Å². The Balaban J connectivity index is 1.90. The van der Waals surface area contributed by atoms with Gasteiger partial charge in [-0.2, -0.15) is 5.26 Å². The Kier molecular flexibility index (Phi) is 3.05. The van der Waals surface area contributed by atoms with Crippen molar-refractivity contribution in [3.63, 3.8) is 0 Å². The molecule has 0 aliphatic rings. The van der Waals surface area contributed by atoms with Crippen LogP contribution < -0.4 is 5.32 Å². The molecule has 0 radical (unpaired) electrons. The van der Waals surface area contributed by atoms with Crippen LogP contribution in [0.25, 0.3) is 10.9 Å². The summed E-state index contributed by atoms with van der Waals surface area (Å²) in [5.41, 5.74) is 1.39. The lowest BCUT2D eigenvalue weighted by Gasteiger charge is -2.06. The number of oxazole rings is 1. The van der Waals surface area contributed by atoms with Gasteiger partial charge in [0.05, 0.1) is 29.9 Å². The van der Waals surface area contributed by atoms with Gasteiger partial charge in [0, 0.05) is 5.39 Å². The largest absolute Gasteiger partial charge is 0.444 e. The molecule has 5 heteroatoms. The van der Waals surface area contributed by atoms with E-state index in [0.717, 1.165) is 16.7 Å². The molecule has 0 atom stereocenters. The Labute approximate surface area is 115 Å². The molecule has 3 aromatic rings. The third-order valence-corrected chi connectivity index (χ3v) is 2.93. The fourth-order valence-electron chi connectivity index (χ4n) is 2.01. The summed E-state index contributed by atoms with van der Waals surface area (Å²) in [5.74, 6) is 2.00. The molecule has 0 bridgehead atoms. The van der Waals surface area contributed by atoms with Gasteiger partial charge in [0.1, 0.15) is 11.6 Å². The fourth-order valence-corrected chi connectivity index (χ4v) is 2.01. The van der Waals surface area contributed by atoms with Gasteiger partial charge in [-0.05, 0) is 19.1 Å². The average Bonchev–Trinajstić information content (AvgIpc) is 2.90. The quantitative estimate of drug-likeness (QED) is 0.787. The first-order chi connectivity index (χ1) is 9.76. The van der Waals surface area contributed by atoms with Crippen LogP contribution in [0.1, 0.15) is 17.2 Å². The maximum atomic E-state index is 9.21. The molecule has 0 fully saturated rings. The molecule has 98 valence electrons. The molecule has 0 unspecified atom stereocenters. The first-order valence-corrected chi connectivity index (χ1v) is 6.21. The maximum Gasteiger partial charge on any atom is 0.213 e. The molecule has 1 N–H and O–H groups in total. The molecule has 0 amide bonds. The molecule has 2 heterocycles. The minimum atomic E-state index is 0.435. The lowest BCUT2D eigenvalue weighted by atomic mass is 10.1. The number of nitriles is 1. The van der Waals surface area contributed by atoms with Gasteiger partial charge < -0.3 is 9.73 Å². The molecule has 0 saturated heterocycles. The van der Waals surface area contributed by atoms with Crippen LogP contribution in [-0.2, 0) is 6.54 Å². The van der Waals surface area contributed by atoms with Crippen molar-refractivity contribution in [1.82, 2.24) is 9.97 Å². The van der Waals surface area contributed by atoms with Crippen molar-refractivity contribution in [2.45, 2.75) is 13.5 Å². The van der Waals surface area contributed by atoms with Crippen LogP contribution in [0, 0.1) is 18.3 Å². The minimum Gasteiger partial charge on any atom is -0.444 e. The highest BCUT2D eigenvalue weighted by Gasteiger charge is 2.06. The van der Waals surface area contributed by atoms with Gasteiger partial charge in [0.25, 0.3) is 0 Å². The second-order valence-corrected chi connectivity index (χ2v) is 4.40. The van der Waals surface area contributed by atoms with Gasteiger partial charge in [-0.3, -0.25) is 0 Å². The first-order valence-electron chi connectivity index (χ1n) is 6.21. The molecule has 0 saturated carbocycles. The zero-order valence-corrected chi connectivity index (χ0v) is 10.9. The summed E-state index contributed by atoms with van der Waals surface area (Å²) in [5, 5.41) is 13.2. The summed E-state index contributed by atoms with van der Waals surface area (Å²) >= 11 is 0. The van der Waals surface area contributed by atoms with Crippen LogP contribution in [0.2, 0.25) is 0 Å². The van der Waals surface area contributed by atoms with Crippen molar-refractivity contribution in [2.24, 2.45) is 0 Å². The highest BCUT2D eigenvalue weighted by molar-refractivity contribution is 5.86. The Bertz CT molecular complexity index is 801. The molecule has 0 aliphatic heterocycles. The molecule has 5 nitrogen and oxygen atoms in total. The van der Waals surface area contributed by atoms with Crippen molar-refractivity contribution in [3.05, 3.63) is 53.7 Å². The highest BCUT2D eigenvalue weighted by Crippen LogP contribution is 2.20. The van der Waals surface area contributed by atoms with Crippen LogP contribution in [0.15, 0.2) is 40.9 Å². The number of hydrogen-bond acceptors (Lipinski definition) is 5. The monoisotopic (exact) mass is 264 g/mol. The summed E-state index contributed by atoms with van der Waals surface area (Å²) in [6.07, 6.45) is 1.67. The molecular weight excluding hydrogens is 252 g/mol. The second-order valence-electron chi connectivity index (χ2n) is 4.40. The van der Waals surface area contributed by atoms with E-state index >= 15 is 0 Å². The number of nitrogens with zero attached hydrogens (tertiary/aromatic N) is 3. The van der Waals surface area contributed by atoms with Crippen LogP contribution in [-0.4, -0.2) is 9.97 Å². The number of anilines is 1. The molecule has 20 heavy (non-hydrogen) atoms. The lowest BCUT2D eigenvalue weighted by molar-refractivity contribution is 0.479. The zero-order valence-electron chi connectivity index (χ0n) is 10.9. The SMILES string of the molecule is Cc1cnc(CNc2cc(C#N)c3ccccc3n2)o1. The van der Waals surface area contributed by atoms with Gasteiger partial charge in [-0.1, -0.05) is 18.2 Å². The number of benzene rings is 1. The van der Waals surface area contributed by atoms with E-state index in [9.17, 15) is 5.26 Å². The predicted molar refractivity (Wildman–Crippen MR) is 75.0 cm³/mol. The van der Waals surface area contributed by atoms with Crippen LogP contribution in [0.3, 0.4) is 0 Å². The molecular formula is C15H12N4O. The maximum absolute atomic E-state index is 9.21. The normalized spacial score (nSPS) is 10.4. The Hall–Kier alpha value is -2.87. The van der Waals surface area contributed by atoms with E-state index in [4.69, 9.17) is 4.42 Å².